The van der Waals surface area contributed by atoms with Gasteiger partial charge in [0, 0.05) is 19.1 Å². The van der Waals surface area contributed by atoms with Crippen molar-refractivity contribution in [2.45, 2.75) is 39.5 Å². The number of nitrogens with one attached hydrogen (secondary N) is 1. The van der Waals surface area contributed by atoms with E-state index >= 15 is 0 Å². The fourth-order valence-electron chi connectivity index (χ4n) is 1.72. The number of nitrogens with zero attached hydrogens (tertiary/aromatic N) is 3. The van der Waals surface area contributed by atoms with Crippen molar-refractivity contribution in [1.82, 2.24) is 20.1 Å². The van der Waals surface area contributed by atoms with Crippen LogP contribution < -0.4 is 10.1 Å². The monoisotopic (exact) mass is 308 g/mol. The third kappa shape index (κ3) is 4.72. The molecule has 1 heterocycles. The van der Waals surface area contributed by atoms with E-state index in [1.54, 1.807) is 6.33 Å². The van der Waals surface area contributed by atoms with Gasteiger partial charge in [0.15, 0.2) is 5.82 Å². The number of benzene rings is 1. The topological polar surface area (TPSA) is 52.0 Å². The molecular formula is C15H21ClN4O. The average molecular weight is 309 g/mol. The zero-order valence-electron chi connectivity index (χ0n) is 12.9. The van der Waals surface area contributed by atoms with Crippen LogP contribution >= 0.6 is 11.6 Å². The molecule has 0 aliphatic heterocycles. The molecule has 0 aliphatic rings. The van der Waals surface area contributed by atoms with Crippen LogP contribution in [0.2, 0.25) is 5.02 Å². The number of hydrogen-bond acceptors (Lipinski definition) is 4. The predicted octanol–water partition coefficient (Wildman–Crippen LogP) is 2.94. The fourth-order valence-corrected chi connectivity index (χ4v) is 1.98. The van der Waals surface area contributed by atoms with Gasteiger partial charge in [-0.2, -0.15) is 0 Å². The SMILES string of the molecule is Cn1cnnc1COc1ccc(CNC(C)(C)C)cc1Cl. The molecule has 0 aliphatic carbocycles. The summed E-state index contributed by atoms with van der Waals surface area (Å²) in [5.41, 5.74) is 1.20. The number of hydrogen-bond donors (Lipinski definition) is 1. The van der Waals surface area contributed by atoms with Crippen molar-refractivity contribution >= 4 is 11.6 Å². The van der Waals surface area contributed by atoms with Crippen molar-refractivity contribution in [2.24, 2.45) is 7.05 Å². The number of halogens is 1. The van der Waals surface area contributed by atoms with E-state index in [4.69, 9.17) is 16.3 Å². The Hall–Kier alpha value is -1.59. The van der Waals surface area contributed by atoms with Crippen molar-refractivity contribution < 1.29 is 4.74 Å². The van der Waals surface area contributed by atoms with Gasteiger partial charge in [0.1, 0.15) is 18.7 Å². The Morgan fingerprint density at radius 1 is 1.33 bits per heavy atom. The molecule has 1 N–H and O–H groups in total. The molecule has 0 unspecified atom stereocenters. The van der Waals surface area contributed by atoms with Crippen molar-refractivity contribution in [1.29, 1.82) is 0 Å². The number of aryl methyl sites for hydroxylation is 1. The summed E-state index contributed by atoms with van der Waals surface area (Å²) in [5.74, 6) is 1.41. The van der Waals surface area contributed by atoms with Gasteiger partial charge in [0.05, 0.1) is 5.02 Å². The molecule has 1 aromatic carbocycles. The minimum absolute atomic E-state index is 0.0762. The van der Waals surface area contributed by atoms with E-state index in [2.05, 4.69) is 36.3 Å². The summed E-state index contributed by atoms with van der Waals surface area (Å²) in [6.45, 7) is 7.51. The van der Waals surface area contributed by atoms with Crippen molar-refractivity contribution in [3.63, 3.8) is 0 Å². The lowest BCUT2D eigenvalue weighted by molar-refractivity contribution is 0.291. The number of aromatic nitrogens is 3. The Morgan fingerprint density at radius 2 is 2.10 bits per heavy atom. The van der Waals surface area contributed by atoms with E-state index in [9.17, 15) is 0 Å². The highest BCUT2D eigenvalue weighted by molar-refractivity contribution is 6.32. The van der Waals surface area contributed by atoms with Gasteiger partial charge < -0.3 is 14.6 Å². The third-order valence-electron chi connectivity index (χ3n) is 2.98. The van der Waals surface area contributed by atoms with Gasteiger partial charge in [-0.3, -0.25) is 0 Å². The van der Waals surface area contributed by atoms with E-state index in [0.717, 1.165) is 17.9 Å². The van der Waals surface area contributed by atoms with E-state index in [0.29, 0.717) is 17.4 Å². The smallest absolute Gasteiger partial charge is 0.170 e. The minimum Gasteiger partial charge on any atom is -0.484 e. The molecule has 0 saturated carbocycles. The Kier molecular flexibility index (Phi) is 4.85. The summed E-state index contributed by atoms with van der Waals surface area (Å²) in [6, 6.07) is 5.82. The standard InChI is InChI=1S/C15H21ClN4O/c1-15(2,3)17-8-11-5-6-13(12(16)7-11)21-9-14-19-18-10-20(14)4/h5-7,10,17H,8-9H2,1-4H3. The Morgan fingerprint density at radius 3 is 2.67 bits per heavy atom. The molecule has 0 fully saturated rings. The molecule has 1 aromatic heterocycles. The minimum atomic E-state index is 0.0762. The van der Waals surface area contributed by atoms with Gasteiger partial charge in [-0.05, 0) is 38.5 Å². The lowest BCUT2D eigenvalue weighted by Gasteiger charge is -2.20. The van der Waals surface area contributed by atoms with Gasteiger partial charge in [0.2, 0.25) is 0 Å². The third-order valence-corrected chi connectivity index (χ3v) is 3.28. The maximum absolute atomic E-state index is 6.26. The summed E-state index contributed by atoms with van der Waals surface area (Å²) in [6.07, 6.45) is 1.64. The molecular weight excluding hydrogens is 288 g/mol. The van der Waals surface area contributed by atoms with Crippen LogP contribution in [-0.2, 0) is 20.2 Å². The van der Waals surface area contributed by atoms with Gasteiger partial charge >= 0.3 is 0 Å². The molecule has 5 nitrogen and oxygen atoms in total. The molecule has 2 aromatic rings. The Balaban J connectivity index is 1.97. The summed E-state index contributed by atoms with van der Waals surface area (Å²) >= 11 is 6.26. The van der Waals surface area contributed by atoms with E-state index in [1.807, 2.05) is 29.8 Å². The van der Waals surface area contributed by atoms with Crippen LogP contribution in [0.1, 0.15) is 32.2 Å². The quantitative estimate of drug-likeness (QED) is 0.922. The molecule has 0 radical (unpaired) electrons. The normalized spacial score (nSPS) is 11.7. The van der Waals surface area contributed by atoms with Crippen LogP contribution in [0.5, 0.6) is 5.75 Å². The predicted molar refractivity (Wildman–Crippen MR) is 83.4 cm³/mol. The van der Waals surface area contributed by atoms with E-state index < -0.39 is 0 Å². The maximum atomic E-state index is 6.26. The summed E-state index contributed by atoms with van der Waals surface area (Å²) in [5, 5.41) is 11.8. The van der Waals surface area contributed by atoms with Crippen molar-refractivity contribution in [3.8, 4) is 5.75 Å². The molecule has 0 saturated heterocycles. The van der Waals surface area contributed by atoms with Gasteiger partial charge in [-0.1, -0.05) is 17.7 Å². The van der Waals surface area contributed by atoms with Crippen LogP contribution in [0.3, 0.4) is 0 Å². The second kappa shape index (κ2) is 6.45. The molecule has 0 atom stereocenters. The molecule has 6 heteroatoms. The average Bonchev–Trinajstić information content (AvgIpc) is 2.80. The molecule has 2 rings (SSSR count). The van der Waals surface area contributed by atoms with Gasteiger partial charge in [0.25, 0.3) is 0 Å². The lowest BCUT2D eigenvalue weighted by Crippen LogP contribution is -2.35. The first-order valence-electron chi connectivity index (χ1n) is 6.84. The van der Waals surface area contributed by atoms with Crippen molar-refractivity contribution in [3.05, 3.63) is 40.9 Å². The molecule has 114 valence electrons. The highest BCUT2D eigenvalue weighted by atomic mass is 35.5. The summed E-state index contributed by atoms with van der Waals surface area (Å²) in [7, 11) is 1.88. The van der Waals surface area contributed by atoms with Crippen LogP contribution in [0, 0.1) is 0 Å². The maximum Gasteiger partial charge on any atom is 0.170 e. The summed E-state index contributed by atoms with van der Waals surface area (Å²) in [4.78, 5) is 0. The van der Waals surface area contributed by atoms with E-state index in [-0.39, 0.29) is 5.54 Å². The van der Waals surface area contributed by atoms with Gasteiger partial charge in [-0.15, -0.1) is 10.2 Å². The zero-order chi connectivity index (χ0) is 15.5. The lowest BCUT2D eigenvalue weighted by atomic mass is 10.1. The van der Waals surface area contributed by atoms with Crippen LogP contribution in [-0.4, -0.2) is 20.3 Å². The van der Waals surface area contributed by atoms with Crippen LogP contribution in [0.25, 0.3) is 0 Å². The fraction of sp³-hybridized carbons (Fsp3) is 0.467. The Bertz CT molecular complexity index is 604. The highest BCUT2D eigenvalue weighted by Crippen LogP contribution is 2.26. The van der Waals surface area contributed by atoms with Crippen LogP contribution in [0.4, 0.5) is 0 Å². The summed E-state index contributed by atoms with van der Waals surface area (Å²) < 4.78 is 7.50. The molecule has 0 bridgehead atoms. The Labute approximate surface area is 130 Å². The number of rotatable bonds is 5. The zero-order valence-corrected chi connectivity index (χ0v) is 13.6. The first-order valence-corrected chi connectivity index (χ1v) is 7.22. The number of ether oxygens (including phenoxy) is 1. The second-order valence-electron chi connectivity index (χ2n) is 6.02. The van der Waals surface area contributed by atoms with Gasteiger partial charge in [-0.25, -0.2) is 0 Å². The molecule has 0 spiro atoms. The second-order valence-corrected chi connectivity index (χ2v) is 6.42. The largest absolute Gasteiger partial charge is 0.484 e. The first kappa shape index (κ1) is 15.8. The van der Waals surface area contributed by atoms with Crippen molar-refractivity contribution in [2.75, 3.05) is 0 Å². The molecule has 0 amide bonds. The van der Waals surface area contributed by atoms with E-state index in [1.165, 1.54) is 0 Å². The first-order chi connectivity index (χ1) is 9.85. The molecule has 21 heavy (non-hydrogen) atoms. The van der Waals surface area contributed by atoms with Crippen LogP contribution in [0.15, 0.2) is 24.5 Å². The highest BCUT2D eigenvalue weighted by Gasteiger charge is 2.10.